The molecular weight excluding hydrogens is 166 g/mol. The van der Waals surface area contributed by atoms with Gasteiger partial charge in [0.1, 0.15) is 5.54 Å². The maximum absolute atomic E-state index is 9.18. The largest absolute Gasteiger partial charge is 0.381 e. The van der Waals surface area contributed by atoms with Crippen LogP contribution in [0.1, 0.15) is 12.8 Å². The van der Waals surface area contributed by atoms with E-state index in [-0.39, 0.29) is 11.6 Å². The van der Waals surface area contributed by atoms with Crippen molar-refractivity contribution < 1.29 is 4.74 Å². The third kappa shape index (κ3) is 1.44. The fourth-order valence-corrected chi connectivity index (χ4v) is 2.07. The molecular formula is C9H15N3O. The lowest BCUT2D eigenvalue weighted by Gasteiger charge is -2.49. The number of nitrogens with two attached hydrogens (primary N) is 1. The van der Waals surface area contributed by atoms with Crippen LogP contribution in [0.5, 0.6) is 0 Å². The molecule has 2 rings (SSSR count). The Hall–Kier alpha value is -0.630. The molecule has 2 heterocycles. The van der Waals surface area contributed by atoms with Gasteiger partial charge >= 0.3 is 0 Å². The van der Waals surface area contributed by atoms with Crippen LogP contribution in [0.4, 0.5) is 0 Å². The van der Waals surface area contributed by atoms with Gasteiger partial charge in [-0.15, -0.1) is 0 Å². The summed E-state index contributed by atoms with van der Waals surface area (Å²) in [6.07, 6.45) is 1.66. The molecule has 2 N–H and O–H groups in total. The number of hydrogen-bond acceptors (Lipinski definition) is 4. The highest BCUT2D eigenvalue weighted by atomic mass is 16.5. The molecule has 0 unspecified atom stereocenters. The summed E-state index contributed by atoms with van der Waals surface area (Å²) in [6.45, 7) is 3.15. The first-order valence-corrected chi connectivity index (χ1v) is 4.76. The van der Waals surface area contributed by atoms with Gasteiger partial charge in [0, 0.05) is 45.2 Å². The van der Waals surface area contributed by atoms with Gasteiger partial charge in [0.05, 0.1) is 6.07 Å². The number of ether oxygens (including phenoxy) is 1. The van der Waals surface area contributed by atoms with Crippen molar-refractivity contribution in [3.63, 3.8) is 0 Å². The molecule has 2 saturated heterocycles. The summed E-state index contributed by atoms with van der Waals surface area (Å²) < 4.78 is 5.26. The van der Waals surface area contributed by atoms with E-state index in [2.05, 4.69) is 11.0 Å². The Kier molecular flexibility index (Phi) is 2.24. The summed E-state index contributed by atoms with van der Waals surface area (Å²) in [7, 11) is 0. The van der Waals surface area contributed by atoms with E-state index in [0.29, 0.717) is 13.2 Å². The third-order valence-electron chi connectivity index (χ3n) is 3.04. The average Bonchev–Trinajstić information content (AvgIpc) is 2.14. The molecule has 2 aliphatic heterocycles. The fraction of sp³-hybridized carbons (Fsp3) is 0.889. The Morgan fingerprint density at radius 1 is 1.38 bits per heavy atom. The summed E-state index contributed by atoms with van der Waals surface area (Å²) >= 11 is 0. The van der Waals surface area contributed by atoms with Crippen LogP contribution in [0.2, 0.25) is 0 Å². The minimum atomic E-state index is -0.270. The highest BCUT2D eigenvalue weighted by Crippen LogP contribution is 2.30. The van der Waals surface area contributed by atoms with Crippen molar-refractivity contribution in [2.45, 2.75) is 24.4 Å². The van der Waals surface area contributed by atoms with Gasteiger partial charge in [0.25, 0.3) is 0 Å². The zero-order chi connectivity index (χ0) is 9.31. The van der Waals surface area contributed by atoms with Crippen LogP contribution in [0.3, 0.4) is 0 Å². The van der Waals surface area contributed by atoms with Crippen molar-refractivity contribution in [3.05, 3.63) is 0 Å². The molecule has 0 aromatic rings. The van der Waals surface area contributed by atoms with Crippen molar-refractivity contribution in [1.82, 2.24) is 4.90 Å². The van der Waals surface area contributed by atoms with Crippen LogP contribution in [0.15, 0.2) is 0 Å². The van der Waals surface area contributed by atoms with Crippen LogP contribution in [0.25, 0.3) is 0 Å². The van der Waals surface area contributed by atoms with Crippen molar-refractivity contribution in [1.29, 1.82) is 5.26 Å². The normalized spacial score (nSPS) is 29.2. The predicted molar refractivity (Wildman–Crippen MR) is 47.9 cm³/mol. The minimum absolute atomic E-state index is 0.270. The van der Waals surface area contributed by atoms with E-state index >= 15 is 0 Å². The molecule has 2 fully saturated rings. The topological polar surface area (TPSA) is 62.3 Å². The van der Waals surface area contributed by atoms with Crippen LogP contribution >= 0.6 is 0 Å². The lowest BCUT2D eigenvalue weighted by Crippen LogP contribution is -2.65. The Balaban J connectivity index is 2.02. The van der Waals surface area contributed by atoms with Gasteiger partial charge in [0.2, 0.25) is 0 Å². The number of hydrogen-bond donors (Lipinski definition) is 1. The van der Waals surface area contributed by atoms with Crippen molar-refractivity contribution >= 4 is 0 Å². The fourth-order valence-electron chi connectivity index (χ4n) is 2.07. The Morgan fingerprint density at radius 2 is 2.00 bits per heavy atom. The summed E-state index contributed by atoms with van der Waals surface area (Å²) in [6, 6.07) is 2.70. The second-order valence-electron chi connectivity index (χ2n) is 3.92. The number of likely N-dealkylation sites (tertiary alicyclic amines) is 1. The predicted octanol–water partition coefficient (Wildman–Crippen LogP) is -0.298. The smallest absolute Gasteiger partial charge is 0.113 e. The molecule has 0 aromatic heterocycles. The van der Waals surface area contributed by atoms with Crippen molar-refractivity contribution in [2.75, 3.05) is 26.3 Å². The zero-order valence-electron chi connectivity index (χ0n) is 7.70. The zero-order valence-corrected chi connectivity index (χ0v) is 7.70. The van der Waals surface area contributed by atoms with E-state index in [1.54, 1.807) is 0 Å². The average molecular weight is 181 g/mol. The number of nitriles is 1. The standard InChI is InChI=1S/C9H15N3O/c10-7-9(1-3-13-4-2-9)12-5-8(11)6-12/h8H,1-6,11H2. The van der Waals surface area contributed by atoms with Gasteiger partial charge in [-0.25, -0.2) is 0 Å². The molecule has 13 heavy (non-hydrogen) atoms. The Morgan fingerprint density at radius 3 is 2.46 bits per heavy atom. The van der Waals surface area contributed by atoms with Gasteiger partial charge in [-0.1, -0.05) is 0 Å². The summed E-state index contributed by atoms with van der Waals surface area (Å²) in [5.41, 5.74) is 5.44. The van der Waals surface area contributed by atoms with E-state index < -0.39 is 0 Å². The molecule has 0 aromatic carbocycles. The first-order valence-electron chi connectivity index (χ1n) is 4.76. The number of nitrogens with zero attached hydrogens (tertiary/aromatic N) is 2. The quantitative estimate of drug-likeness (QED) is 0.603. The van der Waals surface area contributed by atoms with Gasteiger partial charge < -0.3 is 10.5 Å². The molecule has 0 aliphatic carbocycles. The van der Waals surface area contributed by atoms with Gasteiger partial charge in [-0.2, -0.15) is 5.26 Å². The SMILES string of the molecule is N#CC1(N2CC(N)C2)CCOCC1. The van der Waals surface area contributed by atoms with E-state index in [9.17, 15) is 5.26 Å². The van der Waals surface area contributed by atoms with Crippen LogP contribution in [-0.2, 0) is 4.74 Å². The second kappa shape index (κ2) is 3.26. The summed E-state index contributed by atoms with van der Waals surface area (Å²) in [4.78, 5) is 2.19. The van der Waals surface area contributed by atoms with Crippen LogP contribution in [0, 0.1) is 11.3 Å². The minimum Gasteiger partial charge on any atom is -0.381 e. The van der Waals surface area contributed by atoms with Crippen LogP contribution in [-0.4, -0.2) is 42.8 Å². The maximum atomic E-state index is 9.18. The molecule has 0 spiro atoms. The van der Waals surface area contributed by atoms with E-state index in [0.717, 1.165) is 25.9 Å². The molecule has 72 valence electrons. The van der Waals surface area contributed by atoms with Crippen LogP contribution < -0.4 is 5.73 Å². The summed E-state index contributed by atoms with van der Waals surface area (Å²) in [5.74, 6) is 0. The first-order chi connectivity index (χ1) is 6.27. The molecule has 0 radical (unpaired) electrons. The summed E-state index contributed by atoms with van der Waals surface area (Å²) in [5, 5.41) is 9.18. The Labute approximate surface area is 78.3 Å². The lowest BCUT2D eigenvalue weighted by atomic mass is 9.86. The molecule has 2 aliphatic rings. The molecule has 0 atom stereocenters. The second-order valence-corrected chi connectivity index (χ2v) is 3.92. The maximum Gasteiger partial charge on any atom is 0.113 e. The lowest BCUT2D eigenvalue weighted by molar-refractivity contribution is -0.0328. The molecule has 4 nitrogen and oxygen atoms in total. The highest BCUT2D eigenvalue weighted by molar-refractivity contribution is 5.13. The van der Waals surface area contributed by atoms with Crippen molar-refractivity contribution in [2.24, 2.45) is 5.73 Å². The molecule has 0 saturated carbocycles. The molecule has 0 bridgehead atoms. The monoisotopic (exact) mass is 181 g/mol. The molecule has 4 heteroatoms. The number of rotatable bonds is 1. The Bertz CT molecular complexity index is 224. The first kappa shape index (κ1) is 8.95. The molecule has 0 amide bonds. The van der Waals surface area contributed by atoms with Gasteiger partial charge in [-0.05, 0) is 0 Å². The van der Waals surface area contributed by atoms with E-state index in [1.807, 2.05) is 0 Å². The van der Waals surface area contributed by atoms with Crippen molar-refractivity contribution in [3.8, 4) is 6.07 Å². The van der Waals surface area contributed by atoms with E-state index in [1.165, 1.54) is 0 Å². The third-order valence-corrected chi connectivity index (χ3v) is 3.04. The van der Waals surface area contributed by atoms with E-state index in [4.69, 9.17) is 10.5 Å². The van der Waals surface area contributed by atoms with Gasteiger partial charge in [-0.3, -0.25) is 4.90 Å². The van der Waals surface area contributed by atoms with Gasteiger partial charge in [0.15, 0.2) is 0 Å². The highest BCUT2D eigenvalue weighted by Gasteiger charge is 2.43.